The van der Waals surface area contributed by atoms with Crippen LogP contribution in [0.2, 0.25) is 0 Å². The second kappa shape index (κ2) is 7.43. The zero-order valence-electron chi connectivity index (χ0n) is 15.2. The van der Waals surface area contributed by atoms with Crippen molar-refractivity contribution in [2.45, 2.75) is 18.4 Å². The van der Waals surface area contributed by atoms with Gasteiger partial charge in [-0.25, -0.2) is 4.79 Å². The van der Waals surface area contributed by atoms with Gasteiger partial charge in [0.15, 0.2) is 5.54 Å². The lowest BCUT2D eigenvalue weighted by molar-refractivity contribution is -0.148. The molecule has 1 aromatic rings. The fourth-order valence-corrected chi connectivity index (χ4v) is 3.35. The molecular formula is C18H22N2O7. The fourth-order valence-electron chi connectivity index (χ4n) is 3.35. The Kier molecular flexibility index (Phi) is 5.22. The third kappa shape index (κ3) is 3.55. The zero-order valence-corrected chi connectivity index (χ0v) is 15.2. The average Bonchev–Trinajstić information content (AvgIpc) is 3.28. The van der Waals surface area contributed by atoms with Gasteiger partial charge < -0.3 is 29.5 Å². The lowest BCUT2D eigenvalue weighted by Crippen LogP contribution is -2.56. The molecule has 2 aliphatic rings. The van der Waals surface area contributed by atoms with E-state index in [1.54, 1.807) is 18.2 Å². The number of amides is 2. The van der Waals surface area contributed by atoms with Gasteiger partial charge in [0.2, 0.25) is 11.8 Å². The van der Waals surface area contributed by atoms with Crippen LogP contribution in [-0.4, -0.2) is 62.4 Å². The number of hydrogen-bond acceptors (Lipinski definition) is 6. The molecular weight excluding hydrogens is 356 g/mol. The topological polar surface area (TPSA) is 114 Å². The van der Waals surface area contributed by atoms with Crippen molar-refractivity contribution in [2.75, 3.05) is 38.9 Å². The maximum absolute atomic E-state index is 12.6. The van der Waals surface area contributed by atoms with Crippen molar-refractivity contribution in [2.24, 2.45) is 5.92 Å². The van der Waals surface area contributed by atoms with Crippen LogP contribution in [0.5, 0.6) is 11.5 Å². The number of carboxylic acids is 1. The first-order chi connectivity index (χ1) is 12.9. The summed E-state index contributed by atoms with van der Waals surface area (Å²) in [7, 11) is 3.01. The van der Waals surface area contributed by atoms with Crippen LogP contribution < -0.4 is 19.7 Å². The third-order valence-electron chi connectivity index (χ3n) is 4.97. The third-order valence-corrected chi connectivity index (χ3v) is 4.97. The minimum atomic E-state index is -1.43. The van der Waals surface area contributed by atoms with Crippen LogP contribution in [0.25, 0.3) is 0 Å². The number of carbonyl (C=O) groups is 3. The SMILES string of the molecule is COc1ccc(N2CC(C(=O)NC3(C(=O)O)CCOC3)CC2=O)c(OC)c1. The summed E-state index contributed by atoms with van der Waals surface area (Å²) in [5.74, 6) is -1.44. The van der Waals surface area contributed by atoms with E-state index in [0.717, 1.165) is 0 Å². The van der Waals surface area contributed by atoms with Gasteiger partial charge in [-0.2, -0.15) is 0 Å². The lowest BCUT2D eigenvalue weighted by atomic mass is 9.97. The van der Waals surface area contributed by atoms with Crippen LogP contribution in [0.15, 0.2) is 18.2 Å². The molecule has 27 heavy (non-hydrogen) atoms. The highest BCUT2D eigenvalue weighted by atomic mass is 16.5. The Morgan fingerprint density at radius 1 is 1.33 bits per heavy atom. The number of carboxylic acid groups (broad SMARTS) is 1. The summed E-state index contributed by atoms with van der Waals surface area (Å²) in [6.07, 6.45) is 0.197. The number of nitrogens with one attached hydrogen (secondary N) is 1. The van der Waals surface area contributed by atoms with Crippen LogP contribution in [0, 0.1) is 5.92 Å². The molecule has 2 atom stereocenters. The van der Waals surface area contributed by atoms with Crippen molar-refractivity contribution in [1.29, 1.82) is 0 Å². The molecule has 2 amide bonds. The van der Waals surface area contributed by atoms with Crippen molar-refractivity contribution in [3.05, 3.63) is 18.2 Å². The van der Waals surface area contributed by atoms with Crippen LogP contribution in [-0.2, 0) is 19.1 Å². The Balaban J connectivity index is 1.75. The fraction of sp³-hybridized carbons (Fsp3) is 0.500. The molecule has 2 fully saturated rings. The van der Waals surface area contributed by atoms with Gasteiger partial charge >= 0.3 is 5.97 Å². The Hall–Kier alpha value is -2.81. The predicted octanol–water partition coefficient (Wildman–Crippen LogP) is 0.417. The Morgan fingerprint density at radius 2 is 2.11 bits per heavy atom. The maximum Gasteiger partial charge on any atom is 0.331 e. The highest BCUT2D eigenvalue weighted by molar-refractivity contribution is 6.02. The molecule has 146 valence electrons. The highest BCUT2D eigenvalue weighted by Crippen LogP contribution is 2.36. The van der Waals surface area contributed by atoms with Gasteiger partial charge in [-0.15, -0.1) is 0 Å². The monoisotopic (exact) mass is 378 g/mol. The molecule has 0 spiro atoms. The summed E-state index contributed by atoms with van der Waals surface area (Å²) in [5, 5.41) is 12.0. The molecule has 2 heterocycles. The van der Waals surface area contributed by atoms with Crippen molar-refractivity contribution in [1.82, 2.24) is 5.32 Å². The van der Waals surface area contributed by atoms with Crippen molar-refractivity contribution >= 4 is 23.5 Å². The van der Waals surface area contributed by atoms with Gasteiger partial charge in [0.05, 0.1) is 32.4 Å². The zero-order chi connectivity index (χ0) is 19.6. The summed E-state index contributed by atoms with van der Waals surface area (Å²) >= 11 is 0. The molecule has 0 bridgehead atoms. The summed E-state index contributed by atoms with van der Waals surface area (Å²) in [6, 6.07) is 5.05. The standard InChI is InChI=1S/C18H22N2O7/c1-25-12-3-4-13(14(8-12)26-2)20-9-11(7-15(20)21)16(22)19-18(17(23)24)5-6-27-10-18/h3-4,8,11H,5-7,9-10H2,1-2H3,(H,19,22)(H,23,24). The molecule has 9 nitrogen and oxygen atoms in total. The number of hydrogen-bond donors (Lipinski definition) is 2. The molecule has 2 unspecified atom stereocenters. The minimum absolute atomic E-state index is 0.00241. The van der Waals surface area contributed by atoms with E-state index in [1.807, 2.05) is 0 Å². The molecule has 2 aliphatic heterocycles. The molecule has 2 saturated heterocycles. The molecule has 0 radical (unpaired) electrons. The number of ether oxygens (including phenoxy) is 3. The molecule has 3 rings (SSSR count). The number of carbonyl (C=O) groups excluding carboxylic acids is 2. The van der Waals surface area contributed by atoms with E-state index in [-0.39, 0.29) is 38.5 Å². The van der Waals surface area contributed by atoms with E-state index in [2.05, 4.69) is 5.32 Å². The summed E-state index contributed by atoms with van der Waals surface area (Å²) in [5.41, 5.74) is -0.888. The Morgan fingerprint density at radius 3 is 2.70 bits per heavy atom. The second-order valence-corrected chi connectivity index (χ2v) is 6.62. The number of anilines is 1. The van der Waals surface area contributed by atoms with Gasteiger partial charge in [-0.05, 0) is 12.1 Å². The van der Waals surface area contributed by atoms with Gasteiger partial charge in [0.1, 0.15) is 11.5 Å². The van der Waals surface area contributed by atoms with Gasteiger partial charge in [0.25, 0.3) is 0 Å². The second-order valence-electron chi connectivity index (χ2n) is 6.62. The minimum Gasteiger partial charge on any atom is -0.497 e. The number of aliphatic carboxylic acids is 1. The van der Waals surface area contributed by atoms with Crippen LogP contribution in [0.4, 0.5) is 5.69 Å². The van der Waals surface area contributed by atoms with Crippen molar-refractivity contribution in [3.63, 3.8) is 0 Å². The Labute approximate surface area is 156 Å². The first-order valence-corrected chi connectivity index (χ1v) is 8.56. The number of nitrogens with zero attached hydrogens (tertiary/aromatic N) is 1. The molecule has 9 heteroatoms. The molecule has 0 aliphatic carbocycles. The van der Waals surface area contributed by atoms with Crippen LogP contribution in [0.3, 0.4) is 0 Å². The number of methoxy groups -OCH3 is 2. The highest BCUT2D eigenvalue weighted by Gasteiger charge is 2.46. The largest absolute Gasteiger partial charge is 0.497 e. The van der Waals surface area contributed by atoms with E-state index in [4.69, 9.17) is 14.2 Å². The first kappa shape index (κ1) is 19.0. The van der Waals surface area contributed by atoms with Gasteiger partial charge in [0, 0.05) is 32.1 Å². The van der Waals surface area contributed by atoms with Gasteiger partial charge in [-0.1, -0.05) is 0 Å². The first-order valence-electron chi connectivity index (χ1n) is 8.56. The van der Waals surface area contributed by atoms with Crippen molar-refractivity contribution in [3.8, 4) is 11.5 Å². The normalized spacial score (nSPS) is 24.7. The predicted molar refractivity (Wildman–Crippen MR) is 94.0 cm³/mol. The van der Waals surface area contributed by atoms with Gasteiger partial charge in [-0.3, -0.25) is 9.59 Å². The number of benzene rings is 1. The van der Waals surface area contributed by atoms with Crippen molar-refractivity contribution < 1.29 is 33.7 Å². The van der Waals surface area contributed by atoms with E-state index in [0.29, 0.717) is 17.2 Å². The van der Waals surface area contributed by atoms with E-state index < -0.39 is 23.3 Å². The lowest BCUT2D eigenvalue weighted by Gasteiger charge is -2.25. The molecule has 2 N–H and O–H groups in total. The smallest absolute Gasteiger partial charge is 0.331 e. The summed E-state index contributed by atoms with van der Waals surface area (Å²) < 4.78 is 15.6. The van der Waals surface area contributed by atoms with Crippen LogP contribution in [0.1, 0.15) is 12.8 Å². The maximum atomic E-state index is 12.6. The number of rotatable bonds is 6. The molecule has 0 aromatic heterocycles. The quantitative estimate of drug-likeness (QED) is 0.737. The van der Waals surface area contributed by atoms with E-state index in [9.17, 15) is 19.5 Å². The van der Waals surface area contributed by atoms with E-state index >= 15 is 0 Å². The summed E-state index contributed by atoms with van der Waals surface area (Å²) in [4.78, 5) is 38.2. The molecule has 1 aromatic carbocycles. The Bertz CT molecular complexity index is 758. The summed E-state index contributed by atoms with van der Waals surface area (Å²) in [6.45, 7) is 0.333. The van der Waals surface area contributed by atoms with Crippen LogP contribution >= 0.6 is 0 Å². The molecule has 0 saturated carbocycles. The van der Waals surface area contributed by atoms with E-state index in [1.165, 1.54) is 19.1 Å². The average molecular weight is 378 g/mol.